The van der Waals surface area contributed by atoms with Crippen LogP contribution in [0.3, 0.4) is 0 Å². The van der Waals surface area contributed by atoms with Gasteiger partial charge in [-0.15, -0.1) is 22.6 Å². The number of carbonyl (C=O) groups is 1. The highest BCUT2D eigenvalue weighted by molar-refractivity contribution is 5.85. The Morgan fingerprint density at radius 2 is 1.39 bits per heavy atom. The third-order valence-electron chi connectivity index (χ3n) is 6.68. The van der Waals surface area contributed by atoms with Gasteiger partial charge in [-0.2, -0.15) is 39.5 Å². The molecule has 0 spiro atoms. The van der Waals surface area contributed by atoms with Gasteiger partial charge in [-0.25, -0.2) is 13.2 Å². The number of hydrogen-bond donors (Lipinski definition) is 1. The monoisotopic (exact) mass is 669 g/mol. The van der Waals surface area contributed by atoms with Gasteiger partial charge >= 0.3 is 18.5 Å². The van der Waals surface area contributed by atoms with E-state index in [0.29, 0.717) is 22.8 Å². The van der Waals surface area contributed by atoms with Crippen LogP contribution in [0.25, 0.3) is 0 Å². The Bertz CT molecular complexity index is 1490. The number of amides is 1. The SMILES string of the molecule is Cl.N[C@@H](CC(=O)N1CCn2c(nnc2C(F)(F)F)[C@H]1Cc1cc(C(F)(F)F)cc(C(F)(F)F)c1)Cc1cc(F)c(F)cc1F. The third kappa shape index (κ3) is 7.57. The Balaban J connectivity index is 0.00000529. The molecule has 6 nitrogen and oxygen atoms in total. The Hall–Kier alpha value is -3.54. The lowest BCUT2D eigenvalue weighted by Gasteiger charge is -2.37. The lowest BCUT2D eigenvalue weighted by molar-refractivity contribution is -0.149. The average molecular weight is 670 g/mol. The zero-order valence-electron chi connectivity index (χ0n) is 21.8. The van der Waals surface area contributed by atoms with Crippen molar-refractivity contribution in [2.24, 2.45) is 5.73 Å². The van der Waals surface area contributed by atoms with E-state index in [1.165, 1.54) is 0 Å². The highest BCUT2D eigenvalue weighted by Gasteiger charge is 2.44. The fourth-order valence-electron chi connectivity index (χ4n) is 4.77. The number of halogens is 13. The molecule has 0 saturated carbocycles. The fourth-order valence-corrected chi connectivity index (χ4v) is 4.77. The van der Waals surface area contributed by atoms with Gasteiger partial charge in [0.25, 0.3) is 0 Å². The van der Waals surface area contributed by atoms with Crippen molar-refractivity contribution in [3.63, 3.8) is 0 Å². The molecule has 2 aromatic carbocycles. The first-order valence-corrected chi connectivity index (χ1v) is 12.2. The number of fused-ring (bicyclic) bond motifs is 1. The molecule has 1 aliphatic rings. The van der Waals surface area contributed by atoms with Crippen molar-refractivity contribution in [2.75, 3.05) is 6.54 Å². The molecule has 3 aromatic rings. The number of hydrogen-bond acceptors (Lipinski definition) is 4. The summed E-state index contributed by atoms with van der Waals surface area (Å²) in [7, 11) is 0. The molecule has 0 saturated heterocycles. The molecule has 2 heterocycles. The molecule has 4 rings (SSSR count). The van der Waals surface area contributed by atoms with Crippen LogP contribution >= 0.6 is 12.4 Å². The summed E-state index contributed by atoms with van der Waals surface area (Å²) in [5.74, 6) is -7.03. The Morgan fingerprint density at radius 3 is 1.93 bits per heavy atom. The molecule has 2 N–H and O–H groups in total. The second-order valence-corrected chi connectivity index (χ2v) is 9.78. The van der Waals surface area contributed by atoms with Crippen LogP contribution < -0.4 is 5.73 Å². The zero-order chi connectivity index (χ0) is 32.1. The predicted octanol–water partition coefficient (Wildman–Crippen LogP) is 6.26. The van der Waals surface area contributed by atoms with Crippen molar-refractivity contribution in [1.82, 2.24) is 19.7 Å². The topological polar surface area (TPSA) is 77.0 Å². The number of aromatic nitrogens is 3. The first-order valence-electron chi connectivity index (χ1n) is 12.2. The summed E-state index contributed by atoms with van der Waals surface area (Å²) in [5, 5.41) is 6.52. The van der Waals surface area contributed by atoms with E-state index < -0.39 is 120 Å². The fraction of sp³-hybridized carbons (Fsp3) is 0.400. The van der Waals surface area contributed by atoms with E-state index in [9.17, 15) is 57.5 Å². The smallest absolute Gasteiger partial charge is 0.330 e. The van der Waals surface area contributed by atoms with E-state index in [1.54, 1.807) is 0 Å². The molecular formula is C25H20ClF12N5O. The molecule has 242 valence electrons. The van der Waals surface area contributed by atoms with E-state index >= 15 is 0 Å². The summed E-state index contributed by atoms with van der Waals surface area (Å²) < 4.78 is 162. The summed E-state index contributed by atoms with van der Waals surface area (Å²) in [6.07, 6.45) is -17.5. The maximum atomic E-state index is 14.1. The van der Waals surface area contributed by atoms with Crippen LogP contribution in [0, 0.1) is 17.5 Å². The summed E-state index contributed by atoms with van der Waals surface area (Å²) in [5.41, 5.74) is 1.52. The van der Waals surface area contributed by atoms with Gasteiger partial charge in [-0.05, 0) is 41.8 Å². The van der Waals surface area contributed by atoms with Gasteiger partial charge in [-0.3, -0.25) is 4.79 Å². The first kappa shape index (κ1) is 34.9. The van der Waals surface area contributed by atoms with Gasteiger partial charge in [-0.1, -0.05) is 0 Å². The van der Waals surface area contributed by atoms with Crippen molar-refractivity contribution in [2.45, 2.75) is 56.4 Å². The highest BCUT2D eigenvalue weighted by Crippen LogP contribution is 2.39. The van der Waals surface area contributed by atoms with Gasteiger partial charge in [0.15, 0.2) is 17.5 Å². The third-order valence-corrected chi connectivity index (χ3v) is 6.68. The molecule has 0 fully saturated rings. The van der Waals surface area contributed by atoms with Crippen LogP contribution in [0.2, 0.25) is 0 Å². The molecule has 0 radical (unpaired) electrons. The number of nitrogens with zero attached hydrogens (tertiary/aromatic N) is 4. The summed E-state index contributed by atoms with van der Waals surface area (Å²) >= 11 is 0. The Labute approximate surface area is 246 Å². The van der Waals surface area contributed by atoms with Crippen molar-refractivity contribution in [3.8, 4) is 0 Å². The lowest BCUT2D eigenvalue weighted by atomic mass is 9.96. The van der Waals surface area contributed by atoms with Crippen LogP contribution in [0.1, 0.15) is 46.4 Å². The molecule has 19 heteroatoms. The van der Waals surface area contributed by atoms with E-state index in [2.05, 4.69) is 10.2 Å². The van der Waals surface area contributed by atoms with E-state index in [0.717, 1.165) is 4.90 Å². The van der Waals surface area contributed by atoms with Crippen LogP contribution in [-0.2, 0) is 42.7 Å². The minimum atomic E-state index is -5.22. The van der Waals surface area contributed by atoms with Crippen LogP contribution in [0.15, 0.2) is 30.3 Å². The standard InChI is InChI=1S/C25H19F12N5O.ClH/c26-16-10-18(28)17(27)7-12(16)6-15(38)9-20(43)41-1-2-42-21(39-40-22(42)25(35,36)37)19(41)5-11-3-13(23(29,30)31)8-14(4-11)24(32,33)34;/h3-4,7-8,10,15,19H,1-2,5-6,9,38H2;1H/t15-,19-;/m1./s1. The molecule has 0 bridgehead atoms. The number of carbonyl (C=O) groups excluding carboxylic acids is 1. The van der Waals surface area contributed by atoms with Crippen molar-refractivity contribution < 1.29 is 57.5 Å². The normalized spacial score (nSPS) is 16.4. The minimum absolute atomic E-state index is 0. The predicted molar refractivity (Wildman–Crippen MR) is 129 cm³/mol. The van der Waals surface area contributed by atoms with E-state index in [-0.39, 0.29) is 24.5 Å². The minimum Gasteiger partial charge on any atom is -0.330 e. The number of benzene rings is 2. The van der Waals surface area contributed by atoms with Crippen molar-refractivity contribution >= 4 is 18.3 Å². The highest BCUT2D eigenvalue weighted by atomic mass is 35.5. The Morgan fingerprint density at radius 1 is 0.818 bits per heavy atom. The van der Waals surface area contributed by atoms with E-state index in [4.69, 9.17) is 5.73 Å². The average Bonchev–Trinajstić information content (AvgIpc) is 3.31. The number of rotatable bonds is 6. The second kappa shape index (κ2) is 12.5. The van der Waals surface area contributed by atoms with Crippen molar-refractivity contribution in [1.29, 1.82) is 0 Å². The second-order valence-electron chi connectivity index (χ2n) is 9.78. The summed E-state index contributed by atoms with van der Waals surface area (Å²) in [6, 6.07) is -1.50. The summed E-state index contributed by atoms with van der Waals surface area (Å²) in [4.78, 5) is 14.1. The molecule has 1 aromatic heterocycles. The first-order chi connectivity index (χ1) is 19.8. The maximum absolute atomic E-state index is 14.1. The molecule has 0 unspecified atom stereocenters. The molecule has 1 aliphatic heterocycles. The van der Waals surface area contributed by atoms with Gasteiger partial charge < -0.3 is 15.2 Å². The quantitative estimate of drug-likeness (QED) is 0.249. The van der Waals surface area contributed by atoms with Crippen molar-refractivity contribution in [3.05, 3.63) is 81.7 Å². The van der Waals surface area contributed by atoms with Gasteiger partial charge in [0, 0.05) is 38.0 Å². The lowest BCUT2D eigenvalue weighted by Crippen LogP contribution is -2.45. The summed E-state index contributed by atoms with van der Waals surface area (Å²) in [6.45, 7) is -1.04. The van der Waals surface area contributed by atoms with E-state index in [1.807, 2.05) is 0 Å². The number of alkyl halides is 9. The maximum Gasteiger partial charge on any atom is 0.451 e. The van der Waals surface area contributed by atoms with Crippen LogP contribution in [0.5, 0.6) is 0 Å². The van der Waals surface area contributed by atoms with Crippen LogP contribution in [0.4, 0.5) is 52.7 Å². The molecule has 2 atom stereocenters. The zero-order valence-corrected chi connectivity index (χ0v) is 22.6. The van der Waals surface area contributed by atoms with Gasteiger partial charge in [0.05, 0.1) is 17.2 Å². The largest absolute Gasteiger partial charge is 0.451 e. The van der Waals surface area contributed by atoms with Crippen LogP contribution in [-0.4, -0.2) is 38.2 Å². The Kier molecular flexibility index (Phi) is 9.89. The molecule has 44 heavy (non-hydrogen) atoms. The molecule has 0 aliphatic carbocycles. The van der Waals surface area contributed by atoms with Gasteiger partial charge in [0.1, 0.15) is 5.82 Å². The molecule has 1 amide bonds. The number of nitrogens with two attached hydrogens (primary N) is 1. The molecular weight excluding hydrogens is 650 g/mol. The van der Waals surface area contributed by atoms with Gasteiger partial charge in [0.2, 0.25) is 11.7 Å².